The van der Waals surface area contributed by atoms with Crippen molar-refractivity contribution in [3.8, 4) is 0 Å². The largest absolute Gasteiger partial charge is 0.394 e. The summed E-state index contributed by atoms with van der Waals surface area (Å²) in [5.74, 6) is -0.639. The Morgan fingerprint density at radius 2 is 1.09 bits per heavy atom. The van der Waals surface area contributed by atoms with Crippen LogP contribution in [0.5, 0.6) is 0 Å². The van der Waals surface area contributed by atoms with Crippen LogP contribution in [0.25, 0.3) is 0 Å². The third kappa shape index (κ3) is 24.6. The molecule has 1 heterocycles. The van der Waals surface area contributed by atoms with Gasteiger partial charge in [-0.1, -0.05) is 140 Å². The fourth-order valence-electron chi connectivity index (χ4n) is 6.36. The maximum Gasteiger partial charge on any atom is 0.249 e. The molecule has 1 aliphatic heterocycles. The van der Waals surface area contributed by atoms with E-state index in [4.69, 9.17) is 9.47 Å². The number of nitrogens with one attached hydrogen (secondary N) is 1. The molecule has 10 nitrogen and oxygen atoms in total. The van der Waals surface area contributed by atoms with Crippen molar-refractivity contribution in [1.29, 1.82) is 0 Å². The van der Waals surface area contributed by atoms with Crippen molar-refractivity contribution in [3.63, 3.8) is 0 Å². The minimum atomic E-state index is -1.62. The molecule has 0 aromatic rings. The minimum Gasteiger partial charge on any atom is -0.394 e. The molecule has 0 radical (unpaired) electrons. The third-order valence-corrected chi connectivity index (χ3v) is 9.96. The van der Waals surface area contributed by atoms with Crippen LogP contribution in [0, 0.1) is 0 Å². The van der Waals surface area contributed by atoms with Gasteiger partial charge in [-0.2, -0.15) is 0 Å². The van der Waals surface area contributed by atoms with Crippen molar-refractivity contribution < 1.29 is 44.9 Å². The fraction of sp³-hybridized carbons (Fsp3) is 0.795. The van der Waals surface area contributed by atoms with Crippen LogP contribution in [0.2, 0.25) is 0 Å². The smallest absolute Gasteiger partial charge is 0.249 e. The van der Waals surface area contributed by atoms with Crippen LogP contribution in [-0.4, -0.2) is 98.7 Å². The average Bonchev–Trinajstić information content (AvgIpc) is 3.17. The van der Waals surface area contributed by atoms with Crippen LogP contribution in [0.15, 0.2) is 48.6 Å². The highest BCUT2D eigenvalue weighted by atomic mass is 16.7. The van der Waals surface area contributed by atoms with Crippen LogP contribution < -0.4 is 5.32 Å². The molecule has 1 aliphatic rings. The van der Waals surface area contributed by atoms with E-state index in [1.807, 2.05) is 6.08 Å². The number of amides is 1. The average molecular weight is 766 g/mol. The molecule has 8 unspecified atom stereocenters. The van der Waals surface area contributed by atoms with Crippen LogP contribution in [0.1, 0.15) is 162 Å². The molecule has 0 aliphatic carbocycles. The summed E-state index contributed by atoms with van der Waals surface area (Å²) in [5, 5.41) is 64.4. The second kappa shape index (κ2) is 34.4. The van der Waals surface area contributed by atoms with E-state index < -0.39 is 61.5 Å². The highest BCUT2D eigenvalue weighted by molar-refractivity contribution is 5.80. The molecular weight excluding hydrogens is 686 g/mol. The first-order chi connectivity index (χ1) is 26.3. The van der Waals surface area contributed by atoms with Gasteiger partial charge in [-0.3, -0.25) is 4.79 Å². The Bertz CT molecular complexity index is 1000. The number of ether oxygens (including phenoxy) is 2. The van der Waals surface area contributed by atoms with Gasteiger partial charge in [0.25, 0.3) is 0 Å². The van der Waals surface area contributed by atoms with Crippen molar-refractivity contribution in [2.75, 3.05) is 13.2 Å². The van der Waals surface area contributed by atoms with Crippen LogP contribution >= 0.6 is 0 Å². The molecule has 1 rings (SSSR count). The number of allylic oxidation sites excluding steroid dienone is 7. The quantitative estimate of drug-likeness (QED) is 0.0264. The van der Waals surface area contributed by atoms with E-state index in [9.17, 15) is 35.4 Å². The van der Waals surface area contributed by atoms with Crippen molar-refractivity contribution in [1.82, 2.24) is 5.32 Å². The Labute approximate surface area is 327 Å². The van der Waals surface area contributed by atoms with Gasteiger partial charge >= 0.3 is 0 Å². The van der Waals surface area contributed by atoms with Crippen LogP contribution in [-0.2, 0) is 14.3 Å². The summed E-state index contributed by atoms with van der Waals surface area (Å²) in [6.07, 6.45) is 31.9. The number of hydrogen-bond acceptors (Lipinski definition) is 9. The Kier molecular flexibility index (Phi) is 31.9. The molecule has 0 saturated carbocycles. The highest BCUT2D eigenvalue weighted by Crippen LogP contribution is 2.22. The molecular formula is C44H79NO9. The van der Waals surface area contributed by atoms with Crippen molar-refractivity contribution in [2.45, 2.75) is 210 Å². The SMILES string of the molecule is CCCCCC/C=C\CCCCCCCCC(O)C(=O)NC(COC1OC(CO)C(O)C(O)C1O)C(O)/C=C/CC/C=C/CC/C=C/CCCCCCC. The van der Waals surface area contributed by atoms with Gasteiger partial charge in [0.1, 0.15) is 30.5 Å². The highest BCUT2D eigenvalue weighted by Gasteiger charge is 2.44. The minimum absolute atomic E-state index is 0.292. The van der Waals surface area contributed by atoms with Gasteiger partial charge in [0, 0.05) is 0 Å². The molecule has 314 valence electrons. The molecule has 7 N–H and O–H groups in total. The molecule has 54 heavy (non-hydrogen) atoms. The lowest BCUT2D eigenvalue weighted by Gasteiger charge is -2.40. The van der Waals surface area contributed by atoms with E-state index in [1.165, 1.54) is 70.6 Å². The van der Waals surface area contributed by atoms with E-state index in [-0.39, 0.29) is 6.61 Å². The standard InChI is InChI=1S/C44H79NO9/c1-3-5-7-9-11-13-15-17-19-21-22-24-26-28-30-32-37(47)36(35-53-44-42(51)41(50)40(49)39(34-46)54-44)45-43(52)38(48)33-31-29-27-25-23-20-18-16-14-12-10-8-6-4-2/h14-17,22,24,30,32,36-42,44,46-51H,3-13,18-21,23,25-29,31,33-35H2,1-2H3,(H,45,52)/b16-14-,17-15+,24-22+,32-30+. The number of aliphatic hydroxyl groups excluding tert-OH is 6. The summed E-state index contributed by atoms with van der Waals surface area (Å²) in [5.41, 5.74) is 0. The fourth-order valence-corrected chi connectivity index (χ4v) is 6.36. The normalized spacial score (nSPS) is 22.6. The first-order valence-electron chi connectivity index (χ1n) is 21.5. The lowest BCUT2D eigenvalue weighted by molar-refractivity contribution is -0.302. The number of unbranched alkanes of at least 4 members (excludes halogenated alkanes) is 17. The Morgan fingerprint density at radius 1 is 0.630 bits per heavy atom. The second-order valence-corrected chi connectivity index (χ2v) is 14.9. The van der Waals surface area contributed by atoms with E-state index in [1.54, 1.807) is 6.08 Å². The van der Waals surface area contributed by atoms with E-state index >= 15 is 0 Å². The van der Waals surface area contributed by atoms with Crippen molar-refractivity contribution >= 4 is 5.91 Å². The molecule has 0 aromatic heterocycles. The molecule has 10 heteroatoms. The van der Waals surface area contributed by atoms with Gasteiger partial charge in [-0.05, 0) is 70.6 Å². The number of carbonyl (C=O) groups excluding carboxylic acids is 1. The third-order valence-electron chi connectivity index (χ3n) is 9.96. The number of aliphatic hydroxyl groups is 6. The summed E-state index contributed by atoms with van der Waals surface area (Å²) < 4.78 is 11.1. The lowest BCUT2D eigenvalue weighted by Crippen LogP contribution is -2.60. The van der Waals surface area contributed by atoms with Gasteiger partial charge < -0.3 is 45.4 Å². The second-order valence-electron chi connectivity index (χ2n) is 14.9. The van der Waals surface area contributed by atoms with Gasteiger partial charge in [0.2, 0.25) is 5.91 Å². The zero-order valence-electron chi connectivity index (χ0n) is 33.8. The van der Waals surface area contributed by atoms with Crippen molar-refractivity contribution in [2.24, 2.45) is 0 Å². The zero-order chi connectivity index (χ0) is 39.7. The summed E-state index contributed by atoms with van der Waals surface area (Å²) in [4.78, 5) is 13.0. The maximum atomic E-state index is 13.0. The van der Waals surface area contributed by atoms with Crippen LogP contribution in [0.4, 0.5) is 0 Å². The topological polar surface area (TPSA) is 169 Å². The summed E-state index contributed by atoms with van der Waals surface area (Å²) in [7, 11) is 0. The maximum absolute atomic E-state index is 13.0. The molecule has 0 bridgehead atoms. The molecule has 1 amide bonds. The van der Waals surface area contributed by atoms with E-state index in [0.29, 0.717) is 19.3 Å². The molecule has 1 saturated heterocycles. The monoisotopic (exact) mass is 766 g/mol. The molecule has 8 atom stereocenters. The predicted molar refractivity (Wildman–Crippen MR) is 218 cm³/mol. The number of carbonyl (C=O) groups is 1. The first-order valence-corrected chi connectivity index (χ1v) is 21.5. The van der Waals surface area contributed by atoms with E-state index in [2.05, 4.69) is 55.6 Å². The van der Waals surface area contributed by atoms with Gasteiger partial charge in [-0.15, -0.1) is 0 Å². The lowest BCUT2D eigenvalue weighted by atomic mass is 9.99. The Hall–Kier alpha value is -1.89. The van der Waals surface area contributed by atoms with Gasteiger partial charge in [0.15, 0.2) is 6.29 Å². The van der Waals surface area contributed by atoms with Crippen LogP contribution in [0.3, 0.4) is 0 Å². The Morgan fingerprint density at radius 3 is 1.63 bits per heavy atom. The zero-order valence-corrected chi connectivity index (χ0v) is 33.8. The van der Waals surface area contributed by atoms with E-state index in [0.717, 1.165) is 57.8 Å². The Balaban J connectivity index is 2.52. The summed E-state index contributed by atoms with van der Waals surface area (Å²) >= 11 is 0. The van der Waals surface area contributed by atoms with Gasteiger partial charge in [-0.25, -0.2) is 0 Å². The molecule has 0 aromatic carbocycles. The van der Waals surface area contributed by atoms with Crippen molar-refractivity contribution in [3.05, 3.63) is 48.6 Å². The first kappa shape index (κ1) is 50.1. The molecule has 0 spiro atoms. The summed E-state index contributed by atoms with van der Waals surface area (Å²) in [6.45, 7) is 3.52. The molecule has 1 fully saturated rings. The van der Waals surface area contributed by atoms with Gasteiger partial charge in [0.05, 0.1) is 25.4 Å². The number of hydrogen-bond donors (Lipinski definition) is 7. The summed E-state index contributed by atoms with van der Waals surface area (Å²) in [6, 6.07) is -1.00. The predicted octanol–water partition coefficient (Wildman–Crippen LogP) is 7.25. The number of rotatable bonds is 34.